The van der Waals surface area contributed by atoms with E-state index in [2.05, 4.69) is 0 Å². The Morgan fingerprint density at radius 1 is 1.12 bits per heavy atom. The molecule has 0 aromatic carbocycles. The summed E-state index contributed by atoms with van der Waals surface area (Å²) in [5, 5.41) is 10.7. The number of esters is 1. The number of unbranched alkanes of at least 4 members (excludes halogenated alkanes) is 8. The van der Waals surface area contributed by atoms with Crippen LogP contribution in [-0.2, 0) is 19.1 Å². The Hall–Kier alpha value is -1.08. The zero-order valence-electron chi connectivity index (χ0n) is 21.5. The van der Waals surface area contributed by atoms with Crippen LogP contribution < -0.4 is 0 Å². The minimum atomic E-state index is -3.29. The van der Waals surface area contributed by atoms with Crippen LogP contribution in [0.1, 0.15) is 124 Å². The van der Waals surface area contributed by atoms with Crippen molar-refractivity contribution < 1.29 is 33.0 Å². The molecule has 1 saturated carbocycles. The van der Waals surface area contributed by atoms with Crippen LogP contribution in [0.4, 0.5) is 8.78 Å². The third kappa shape index (κ3) is 8.54. The summed E-state index contributed by atoms with van der Waals surface area (Å²) in [5.74, 6) is -5.99. The molecule has 2 rings (SSSR count). The van der Waals surface area contributed by atoms with E-state index in [1.165, 1.54) is 0 Å². The number of fused-ring (bicyclic) bond motifs is 1. The molecule has 1 saturated heterocycles. The van der Waals surface area contributed by atoms with Gasteiger partial charge in [-0.2, -0.15) is 0 Å². The number of ether oxygens (including phenoxy) is 2. The Morgan fingerprint density at radius 3 is 2.44 bits per heavy atom. The maximum atomic E-state index is 14.8. The second-order valence-electron chi connectivity index (χ2n) is 10.6. The molecule has 1 aliphatic heterocycles. The molecule has 198 valence electrons. The molecular formula is C27H46F2O5. The molecule has 7 heteroatoms. The molecule has 0 bridgehead atoms. The summed E-state index contributed by atoms with van der Waals surface area (Å²) >= 11 is 0. The van der Waals surface area contributed by atoms with Crippen LogP contribution in [0, 0.1) is 11.8 Å². The molecule has 5 nitrogen and oxygen atoms in total. The Labute approximate surface area is 204 Å². The average molecular weight is 489 g/mol. The van der Waals surface area contributed by atoms with E-state index in [4.69, 9.17) is 9.47 Å². The molecule has 0 aromatic rings. The van der Waals surface area contributed by atoms with Gasteiger partial charge in [-0.1, -0.05) is 58.3 Å². The first-order valence-corrected chi connectivity index (χ1v) is 13.6. The fourth-order valence-electron chi connectivity index (χ4n) is 5.46. The summed E-state index contributed by atoms with van der Waals surface area (Å²) in [4.78, 5) is 24.1. The van der Waals surface area contributed by atoms with Gasteiger partial charge in [0.2, 0.25) is 5.79 Å². The van der Waals surface area contributed by atoms with Crippen LogP contribution in [0.5, 0.6) is 0 Å². The maximum Gasteiger partial charge on any atom is 0.306 e. The van der Waals surface area contributed by atoms with E-state index < -0.39 is 17.8 Å². The highest BCUT2D eigenvalue weighted by atomic mass is 19.3. The fraction of sp³-hybridized carbons (Fsp3) is 0.926. The number of rotatable bonds is 16. The SMILES string of the molecule is CCCCCCC(F)(F)C1(O)CC[C@H]2[C@@H](CC(=O)[C@@H]2CCCCCCCCC(=O)OC(C)C)O1. The number of Topliss-reactive ketones (excluding diaryl/α,β-unsaturated/α-hetero) is 1. The van der Waals surface area contributed by atoms with Gasteiger partial charge >= 0.3 is 11.9 Å². The third-order valence-electron chi connectivity index (χ3n) is 7.40. The number of hydrogen-bond donors (Lipinski definition) is 1. The van der Waals surface area contributed by atoms with Gasteiger partial charge in [0.25, 0.3) is 0 Å². The van der Waals surface area contributed by atoms with Crippen molar-refractivity contribution in [1.29, 1.82) is 0 Å². The molecular weight excluding hydrogens is 442 g/mol. The second kappa shape index (κ2) is 13.9. The van der Waals surface area contributed by atoms with Gasteiger partial charge in [-0.25, -0.2) is 8.78 Å². The first kappa shape index (κ1) is 29.2. The number of halogens is 2. The zero-order valence-corrected chi connectivity index (χ0v) is 21.5. The number of carbonyl (C=O) groups excluding carboxylic acids is 2. The van der Waals surface area contributed by atoms with Crippen molar-refractivity contribution in [1.82, 2.24) is 0 Å². The lowest BCUT2D eigenvalue weighted by Crippen LogP contribution is -2.55. The lowest BCUT2D eigenvalue weighted by molar-refractivity contribution is -0.356. The second-order valence-corrected chi connectivity index (χ2v) is 10.6. The lowest BCUT2D eigenvalue weighted by Gasteiger charge is -2.44. The Morgan fingerprint density at radius 2 is 1.76 bits per heavy atom. The van der Waals surface area contributed by atoms with Gasteiger partial charge < -0.3 is 14.6 Å². The molecule has 1 N–H and O–H groups in total. The first-order valence-electron chi connectivity index (χ1n) is 13.6. The maximum absolute atomic E-state index is 14.8. The number of carbonyl (C=O) groups is 2. The van der Waals surface area contributed by atoms with Crippen molar-refractivity contribution in [3.8, 4) is 0 Å². The molecule has 0 radical (unpaired) electrons. The summed E-state index contributed by atoms with van der Waals surface area (Å²) in [6, 6.07) is 0. The third-order valence-corrected chi connectivity index (χ3v) is 7.40. The van der Waals surface area contributed by atoms with E-state index in [-0.39, 0.29) is 49.0 Å². The minimum absolute atomic E-state index is 0.0596. The molecule has 1 heterocycles. The molecule has 4 atom stereocenters. The van der Waals surface area contributed by atoms with E-state index >= 15 is 0 Å². The van der Waals surface area contributed by atoms with Crippen LogP contribution in [0.25, 0.3) is 0 Å². The van der Waals surface area contributed by atoms with Crippen LogP contribution in [0.15, 0.2) is 0 Å². The van der Waals surface area contributed by atoms with Crippen molar-refractivity contribution >= 4 is 11.8 Å². The molecule has 2 aliphatic rings. The quantitative estimate of drug-likeness (QED) is 0.192. The van der Waals surface area contributed by atoms with Gasteiger partial charge in [-0.05, 0) is 45.4 Å². The fourth-order valence-corrected chi connectivity index (χ4v) is 5.46. The number of aliphatic hydroxyl groups is 1. The molecule has 2 fully saturated rings. The minimum Gasteiger partial charge on any atom is -0.463 e. The summed E-state index contributed by atoms with van der Waals surface area (Å²) in [6.07, 6.45) is 9.42. The van der Waals surface area contributed by atoms with Crippen molar-refractivity contribution in [3.05, 3.63) is 0 Å². The van der Waals surface area contributed by atoms with Gasteiger partial charge in [0.05, 0.1) is 12.2 Å². The monoisotopic (exact) mass is 488 g/mol. The van der Waals surface area contributed by atoms with Crippen LogP contribution >= 0.6 is 0 Å². The average Bonchev–Trinajstić information content (AvgIpc) is 3.06. The molecule has 0 aromatic heterocycles. The highest BCUT2D eigenvalue weighted by Crippen LogP contribution is 2.49. The van der Waals surface area contributed by atoms with E-state index in [0.29, 0.717) is 19.3 Å². The van der Waals surface area contributed by atoms with Gasteiger partial charge in [0.15, 0.2) is 0 Å². The smallest absolute Gasteiger partial charge is 0.306 e. The summed E-state index contributed by atoms with van der Waals surface area (Å²) in [7, 11) is 0. The standard InChI is InChI=1S/C27H46F2O5/c1-4-5-6-13-17-26(28,29)27(32)18-16-22-21(23(30)19-24(22)34-27)14-11-9-7-8-10-12-15-25(31)33-20(2)3/h20-22,24,32H,4-19H2,1-3H3/t21-,22-,24-,27?/m1/s1. The predicted molar refractivity (Wildman–Crippen MR) is 128 cm³/mol. The predicted octanol–water partition coefficient (Wildman–Crippen LogP) is 6.74. The number of hydrogen-bond acceptors (Lipinski definition) is 5. The summed E-state index contributed by atoms with van der Waals surface area (Å²) < 4.78 is 40.2. The molecule has 0 spiro atoms. The Kier molecular flexibility index (Phi) is 11.9. The highest BCUT2D eigenvalue weighted by Gasteiger charge is 2.59. The van der Waals surface area contributed by atoms with E-state index in [0.717, 1.165) is 64.2 Å². The van der Waals surface area contributed by atoms with Crippen molar-refractivity contribution in [2.45, 2.75) is 147 Å². The van der Waals surface area contributed by atoms with Crippen molar-refractivity contribution in [2.24, 2.45) is 11.8 Å². The first-order chi connectivity index (χ1) is 16.1. The van der Waals surface area contributed by atoms with Gasteiger partial charge in [-0.15, -0.1) is 0 Å². The molecule has 1 unspecified atom stereocenters. The van der Waals surface area contributed by atoms with Crippen LogP contribution in [0.2, 0.25) is 0 Å². The highest BCUT2D eigenvalue weighted by molar-refractivity contribution is 5.84. The molecule has 34 heavy (non-hydrogen) atoms. The van der Waals surface area contributed by atoms with Crippen molar-refractivity contribution in [3.63, 3.8) is 0 Å². The van der Waals surface area contributed by atoms with E-state index in [9.17, 15) is 23.5 Å². The van der Waals surface area contributed by atoms with E-state index in [1.807, 2.05) is 20.8 Å². The van der Waals surface area contributed by atoms with Gasteiger partial charge in [0, 0.05) is 31.6 Å². The zero-order chi connectivity index (χ0) is 25.2. The molecule has 0 amide bonds. The summed E-state index contributed by atoms with van der Waals surface area (Å²) in [6.45, 7) is 5.72. The van der Waals surface area contributed by atoms with E-state index in [1.54, 1.807) is 0 Å². The largest absolute Gasteiger partial charge is 0.463 e. The van der Waals surface area contributed by atoms with Crippen LogP contribution in [0.3, 0.4) is 0 Å². The van der Waals surface area contributed by atoms with Crippen LogP contribution in [-0.4, -0.2) is 40.8 Å². The lowest BCUT2D eigenvalue weighted by atomic mass is 9.81. The van der Waals surface area contributed by atoms with Gasteiger partial charge in [0.1, 0.15) is 5.78 Å². The topological polar surface area (TPSA) is 72.8 Å². The van der Waals surface area contributed by atoms with Crippen molar-refractivity contribution in [2.75, 3.05) is 0 Å². The molecule has 1 aliphatic carbocycles. The number of alkyl halides is 2. The van der Waals surface area contributed by atoms with Gasteiger partial charge in [-0.3, -0.25) is 9.59 Å². The Balaban J connectivity index is 1.68. The normalized spacial score (nSPS) is 27.3. The summed E-state index contributed by atoms with van der Waals surface area (Å²) in [5.41, 5.74) is 0. The Bertz CT molecular complexity index is 639. The number of ketones is 1.